The maximum Gasteiger partial charge on any atom is 0.251 e. The highest BCUT2D eigenvalue weighted by molar-refractivity contribution is 5.95. The third kappa shape index (κ3) is 4.03. The van der Waals surface area contributed by atoms with E-state index in [2.05, 4.69) is 5.32 Å². The molecule has 23 heavy (non-hydrogen) atoms. The van der Waals surface area contributed by atoms with Crippen molar-refractivity contribution >= 4 is 11.6 Å². The van der Waals surface area contributed by atoms with Gasteiger partial charge in [-0.25, -0.2) is 0 Å². The highest BCUT2D eigenvalue weighted by Crippen LogP contribution is 2.26. The topological polar surface area (TPSA) is 41.6 Å². The third-order valence-corrected chi connectivity index (χ3v) is 3.82. The van der Waals surface area contributed by atoms with Crippen molar-refractivity contribution in [3.63, 3.8) is 0 Å². The van der Waals surface area contributed by atoms with E-state index >= 15 is 0 Å². The minimum atomic E-state index is -0.139. The van der Waals surface area contributed by atoms with Gasteiger partial charge in [0.1, 0.15) is 5.75 Å². The van der Waals surface area contributed by atoms with E-state index in [0.29, 0.717) is 5.56 Å². The van der Waals surface area contributed by atoms with Crippen molar-refractivity contribution in [2.75, 3.05) is 26.1 Å². The lowest BCUT2D eigenvalue weighted by atomic mass is 10.0. The summed E-state index contributed by atoms with van der Waals surface area (Å²) in [5, 5.41) is 3.04. The quantitative estimate of drug-likeness (QED) is 0.918. The Morgan fingerprint density at radius 2 is 1.91 bits per heavy atom. The van der Waals surface area contributed by atoms with Crippen molar-refractivity contribution in [2.45, 2.75) is 19.9 Å². The molecule has 0 aliphatic rings. The summed E-state index contributed by atoms with van der Waals surface area (Å²) in [4.78, 5) is 14.5. The number of benzene rings is 2. The molecule has 0 spiro atoms. The zero-order valence-corrected chi connectivity index (χ0v) is 14.4. The van der Waals surface area contributed by atoms with Gasteiger partial charge < -0.3 is 15.0 Å². The zero-order chi connectivity index (χ0) is 17.0. The van der Waals surface area contributed by atoms with Crippen LogP contribution in [0.4, 0.5) is 5.69 Å². The number of nitrogens with one attached hydrogen (secondary N) is 1. The Bertz CT molecular complexity index is 696. The molecule has 4 heteroatoms. The van der Waals surface area contributed by atoms with E-state index in [-0.39, 0.29) is 11.9 Å². The van der Waals surface area contributed by atoms with Crippen LogP contribution in [0.15, 0.2) is 42.5 Å². The standard InChI is InChI=1S/C19H24N2O2/c1-13-9-10-18(23-5)17(11-13)14(2)20-19(22)15-7-6-8-16(12-15)21(3)4/h6-12,14H,1-5H3,(H,20,22)/t14-/m0/s1. The molecule has 2 rings (SSSR count). The molecular formula is C19H24N2O2. The molecule has 0 heterocycles. The number of ether oxygens (including phenoxy) is 1. The van der Waals surface area contributed by atoms with Gasteiger partial charge in [0, 0.05) is 30.9 Å². The molecule has 1 N–H and O–H groups in total. The predicted octanol–water partition coefficient (Wildman–Crippen LogP) is 3.56. The number of carbonyl (C=O) groups excluding carboxylic acids is 1. The monoisotopic (exact) mass is 312 g/mol. The summed E-state index contributed by atoms with van der Waals surface area (Å²) in [7, 11) is 5.55. The van der Waals surface area contributed by atoms with E-state index in [1.165, 1.54) is 0 Å². The minimum Gasteiger partial charge on any atom is -0.496 e. The van der Waals surface area contributed by atoms with Crippen molar-refractivity contribution < 1.29 is 9.53 Å². The number of amides is 1. The van der Waals surface area contributed by atoms with Crippen LogP contribution in [-0.4, -0.2) is 27.1 Å². The van der Waals surface area contributed by atoms with Crippen LogP contribution in [0.1, 0.15) is 34.5 Å². The number of anilines is 1. The number of hydrogen-bond acceptors (Lipinski definition) is 3. The Labute approximate surface area is 138 Å². The second-order valence-electron chi connectivity index (χ2n) is 5.89. The lowest BCUT2D eigenvalue weighted by molar-refractivity contribution is 0.0939. The van der Waals surface area contributed by atoms with E-state index in [0.717, 1.165) is 22.6 Å². The lowest BCUT2D eigenvalue weighted by Crippen LogP contribution is -2.27. The first-order valence-electron chi connectivity index (χ1n) is 7.65. The van der Waals surface area contributed by atoms with Gasteiger partial charge in [0.15, 0.2) is 0 Å². The molecule has 0 unspecified atom stereocenters. The summed E-state index contributed by atoms with van der Waals surface area (Å²) >= 11 is 0. The summed E-state index contributed by atoms with van der Waals surface area (Å²) in [6.45, 7) is 3.99. The molecule has 0 aromatic heterocycles. The van der Waals surface area contributed by atoms with Gasteiger partial charge in [-0.1, -0.05) is 23.8 Å². The zero-order valence-electron chi connectivity index (χ0n) is 14.4. The van der Waals surface area contributed by atoms with E-state index in [4.69, 9.17) is 4.74 Å². The summed E-state index contributed by atoms with van der Waals surface area (Å²) in [6, 6.07) is 13.4. The molecular weight excluding hydrogens is 288 g/mol. The van der Waals surface area contributed by atoms with Crippen LogP contribution in [-0.2, 0) is 0 Å². The van der Waals surface area contributed by atoms with Crippen LogP contribution in [0.3, 0.4) is 0 Å². The highest BCUT2D eigenvalue weighted by Gasteiger charge is 2.15. The van der Waals surface area contributed by atoms with Crippen LogP contribution in [0.5, 0.6) is 5.75 Å². The molecule has 0 radical (unpaired) electrons. The third-order valence-electron chi connectivity index (χ3n) is 3.82. The molecule has 0 fully saturated rings. The van der Waals surface area contributed by atoms with Gasteiger partial charge in [0.05, 0.1) is 13.2 Å². The first kappa shape index (κ1) is 16.9. The predicted molar refractivity (Wildman–Crippen MR) is 94.4 cm³/mol. The fourth-order valence-corrected chi connectivity index (χ4v) is 2.48. The van der Waals surface area contributed by atoms with Gasteiger partial charge >= 0.3 is 0 Å². The number of methoxy groups -OCH3 is 1. The molecule has 0 bridgehead atoms. The molecule has 1 atom stereocenters. The first-order valence-corrected chi connectivity index (χ1v) is 7.65. The molecule has 1 amide bonds. The van der Waals surface area contributed by atoms with Crippen LogP contribution in [0.25, 0.3) is 0 Å². The molecule has 2 aromatic rings. The van der Waals surface area contributed by atoms with E-state index in [9.17, 15) is 4.79 Å². The smallest absolute Gasteiger partial charge is 0.251 e. The van der Waals surface area contributed by atoms with Gasteiger partial charge in [-0.3, -0.25) is 4.79 Å². The van der Waals surface area contributed by atoms with Gasteiger partial charge in [-0.05, 0) is 38.1 Å². The molecule has 122 valence electrons. The summed E-state index contributed by atoms with van der Waals surface area (Å²) in [5.74, 6) is 0.690. The van der Waals surface area contributed by atoms with E-state index in [1.54, 1.807) is 7.11 Å². The average Bonchev–Trinajstić information content (AvgIpc) is 2.54. The van der Waals surface area contributed by atoms with Crippen LogP contribution >= 0.6 is 0 Å². The van der Waals surface area contributed by atoms with Gasteiger partial charge in [0.2, 0.25) is 0 Å². The number of nitrogens with zero attached hydrogens (tertiary/aromatic N) is 1. The molecule has 0 aliphatic carbocycles. The van der Waals surface area contributed by atoms with Gasteiger partial charge in [-0.2, -0.15) is 0 Å². The maximum atomic E-state index is 12.5. The number of rotatable bonds is 5. The summed E-state index contributed by atoms with van der Waals surface area (Å²) < 4.78 is 5.40. The second-order valence-corrected chi connectivity index (χ2v) is 5.89. The van der Waals surface area contributed by atoms with Crippen molar-refractivity contribution in [2.24, 2.45) is 0 Å². The Balaban J connectivity index is 2.20. The highest BCUT2D eigenvalue weighted by atomic mass is 16.5. The normalized spacial score (nSPS) is 11.7. The van der Waals surface area contributed by atoms with E-state index in [1.807, 2.05) is 75.3 Å². The lowest BCUT2D eigenvalue weighted by Gasteiger charge is -2.19. The summed E-state index contributed by atoms with van der Waals surface area (Å²) in [6.07, 6.45) is 0. The van der Waals surface area contributed by atoms with Crippen LogP contribution < -0.4 is 15.0 Å². The van der Waals surface area contributed by atoms with Crippen LogP contribution in [0.2, 0.25) is 0 Å². The Morgan fingerprint density at radius 3 is 2.57 bits per heavy atom. The SMILES string of the molecule is COc1ccc(C)cc1[C@H](C)NC(=O)c1cccc(N(C)C)c1. The van der Waals surface area contributed by atoms with Crippen molar-refractivity contribution in [3.05, 3.63) is 59.2 Å². The molecule has 0 saturated heterocycles. The molecule has 0 saturated carbocycles. The Morgan fingerprint density at radius 1 is 1.17 bits per heavy atom. The largest absolute Gasteiger partial charge is 0.496 e. The van der Waals surface area contributed by atoms with E-state index < -0.39 is 0 Å². The number of hydrogen-bond donors (Lipinski definition) is 1. The van der Waals surface area contributed by atoms with Gasteiger partial charge in [0.25, 0.3) is 5.91 Å². The Kier molecular flexibility index (Phi) is 5.27. The molecule has 2 aromatic carbocycles. The number of aryl methyl sites for hydroxylation is 1. The second kappa shape index (κ2) is 7.18. The van der Waals surface area contributed by atoms with Crippen molar-refractivity contribution in [1.29, 1.82) is 0 Å². The first-order chi connectivity index (χ1) is 10.9. The Hall–Kier alpha value is -2.49. The summed E-state index contributed by atoms with van der Waals surface area (Å²) in [5.41, 5.74) is 3.76. The van der Waals surface area contributed by atoms with Crippen molar-refractivity contribution in [3.8, 4) is 5.75 Å². The molecule has 4 nitrogen and oxygen atoms in total. The fraction of sp³-hybridized carbons (Fsp3) is 0.316. The fourth-order valence-electron chi connectivity index (χ4n) is 2.48. The van der Waals surface area contributed by atoms with Gasteiger partial charge in [-0.15, -0.1) is 0 Å². The van der Waals surface area contributed by atoms with Crippen molar-refractivity contribution in [1.82, 2.24) is 5.32 Å². The number of carbonyl (C=O) groups is 1. The van der Waals surface area contributed by atoms with Crippen LogP contribution in [0, 0.1) is 6.92 Å². The molecule has 0 aliphatic heterocycles. The average molecular weight is 312 g/mol. The minimum absolute atomic E-state index is 0.0928. The maximum absolute atomic E-state index is 12.5.